The van der Waals surface area contributed by atoms with Crippen LogP contribution in [0.2, 0.25) is 0 Å². The smallest absolute Gasteiger partial charge is 0.317 e. The van der Waals surface area contributed by atoms with Crippen molar-refractivity contribution < 1.29 is 14.6 Å². The molecule has 1 saturated heterocycles. The van der Waals surface area contributed by atoms with Crippen LogP contribution >= 0.6 is 11.3 Å². The third-order valence-electron chi connectivity index (χ3n) is 3.25. The number of hydrogen-bond acceptors (Lipinski definition) is 5. The van der Waals surface area contributed by atoms with E-state index in [1.165, 1.54) is 4.88 Å². The number of ether oxygens (including phenoxy) is 1. The van der Waals surface area contributed by atoms with Crippen molar-refractivity contribution in [3.05, 3.63) is 22.4 Å². The second-order valence-corrected chi connectivity index (χ2v) is 5.75. The predicted molar refractivity (Wildman–Crippen MR) is 74.6 cm³/mol. The summed E-state index contributed by atoms with van der Waals surface area (Å²) in [4.78, 5) is 16.3. The molecule has 0 radical (unpaired) electrons. The highest BCUT2D eigenvalue weighted by Gasteiger charge is 2.25. The first-order valence-electron chi connectivity index (χ1n) is 6.42. The van der Waals surface area contributed by atoms with Gasteiger partial charge >= 0.3 is 5.97 Å². The van der Waals surface area contributed by atoms with Gasteiger partial charge in [0.15, 0.2) is 0 Å². The quantitative estimate of drug-likeness (QED) is 0.849. The first kappa shape index (κ1) is 14.5. The largest absolute Gasteiger partial charge is 0.480 e. The average molecular weight is 284 g/mol. The third-order valence-corrected chi connectivity index (χ3v) is 4.22. The minimum Gasteiger partial charge on any atom is -0.480 e. The lowest BCUT2D eigenvalue weighted by Crippen LogP contribution is -2.43. The van der Waals surface area contributed by atoms with Crippen LogP contribution in [0.3, 0.4) is 0 Å². The average Bonchev–Trinajstić information content (AvgIpc) is 2.90. The van der Waals surface area contributed by atoms with Crippen molar-refractivity contribution in [2.24, 2.45) is 0 Å². The molecule has 0 saturated carbocycles. The second-order valence-electron chi connectivity index (χ2n) is 4.77. The molecule has 1 aliphatic rings. The van der Waals surface area contributed by atoms with Gasteiger partial charge in [0.25, 0.3) is 0 Å². The second kappa shape index (κ2) is 7.00. The van der Waals surface area contributed by atoms with Gasteiger partial charge in [0.1, 0.15) is 0 Å². The van der Waals surface area contributed by atoms with Crippen LogP contribution in [0.25, 0.3) is 0 Å². The fourth-order valence-corrected chi connectivity index (χ4v) is 3.20. The predicted octanol–water partition coefficient (Wildman–Crippen LogP) is 1.14. The molecule has 19 heavy (non-hydrogen) atoms. The Morgan fingerprint density at radius 2 is 2.32 bits per heavy atom. The Morgan fingerprint density at radius 1 is 1.58 bits per heavy atom. The normalized spacial score (nSPS) is 18.6. The van der Waals surface area contributed by atoms with Crippen LogP contribution in [-0.2, 0) is 9.53 Å². The van der Waals surface area contributed by atoms with Gasteiger partial charge in [-0.2, -0.15) is 0 Å². The lowest BCUT2D eigenvalue weighted by molar-refractivity contribution is -0.138. The summed E-state index contributed by atoms with van der Waals surface area (Å²) in [5, 5.41) is 10.9. The molecule has 1 aromatic rings. The molecule has 0 unspecified atom stereocenters. The summed E-state index contributed by atoms with van der Waals surface area (Å²) in [5.41, 5.74) is 0. The molecule has 0 bridgehead atoms. The van der Waals surface area contributed by atoms with Gasteiger partial charge < -0.3 is 9.84 Å². The van der Waals surface area contributed by atoms with E-state index in [1.54, 1.807) is 11.3 Å². The molecule has 0 aromatic carbocycles. The molecule has 1 aliphatic heterocycles. The van der Waals surface area contributed by atoms with E-state index < -0.39 is 5.97 Å². The van der Waals surface area contributed by atoms with E-state index in [1.807, 2.05) is 18.0 Å². The zero-order chi connectivity index (χ0) is 13.7. The van der Waals surface area contributed by atoms with Crippen molar-refractivity contribution in [3.63, 3.8) is 0 Å². The number of nitrogens with zero attached hydrogens (tertiary/aromatic N) is 2. The van der Waals surface area contributed by atoms with E-state index in [0.29, 0.717) is 0 Å². The van der Waals surface area contributed by atoms with Crippen molar-refractivity contribution in [1.82, 2.24) is 9.80 Å². The van der Waals surface area contributed by atoms with E-state index in [9.17, 15) is 4.79 Å². The van der Waals surface area contributed by atoms with Crippen molar-refractivity contribution in [3.8, 4) is 0 Å². The van der Waals surface area contributed by atoms with E-state index >= 15 is 0 Å². The van der Waals surface area contributed by atoms with E-state index in [0.717, 1.165) is 32.8 Å². The highest BCUT2D eigenvalue weighted by Crippen LogP contribution is 2.26. The Hall–Kier alpha value is -0.950. The Kier molecular flexibility index (Phi) is 5.33. The summed E-state index contributed by atoms with van der Waals surface area (Å²) < 4.78 is 5.39. The van der Waals surface area contributed by atoms with E-state index in [4.69, 9.17) is 9.84 Å². The monoisotopic (exact) mass is 284 g/mol. The number of hydrogen-bond donors (Lipinski definition) is 1. The van der Waals surface area contributed by atoms with Crippen molar-refractivity contribution in [1.29, 1.82) is 0 Å². The van der Waals surface area contributed by atoms with Crippen LogP contribution in [-0.4, -0.2) is 67.3 Å². The molecule has 106 valence electrons. The number of carboxylic acids is 1. The molecule has 5 nitrogen and oxygen atoms in total. The molecular weight excluding hydrogens is 264 g/mol. The van der Waals surface area contributed by atoms with Gasteiger partial charge in [-0.3, -0.25) is 14.6 Å². The highest BCUT2D eigenvalue weighted by atomic mass is 32.1. The summed E-state index contributed by atoms with van der Waals surface area (Å²) in [6, 6.07) is 4.43. The van der Waals surface area contributed by atoms with Gasteiger partial charge in [-0.25, -0.2) is 0 Å². The van der Waals surface area contributed by atoms with Gasteiger partial charge in [-0.15, -0.1) is 11.3 Å². The summed E-state index contributed by atoms with van der Waals surface area (Å²) in [6.45, 7) is 4.13. The molecule has 1 atom stereocenters. The number of thiophene rings is 1. The minimum absolute atomic E-state index is 0.0756. The van der Waals surface area contributed by atoms with Gasteiger partial charge in [0.05, 0.1) is 25.8 Å². The Labute approximate surface area is 117 Å². The summed E-state index contributed by atoms with van der Waals surface area (Å²) >= 11 is 1.73. The standard InChI is InChI=1S/C13H20N2O3S/c1-14(10-13(16)17)9-11(12-3-2-8-19-12)15-4-6-18-7-5-15/h2-3,8,11H,4-7,9-10H2,1H3,(H,16,17)/t11-/m1/s1. The zero-order valence-electron chi connectivity index (χ0n) is 11.1. The van der Waals surface area contributed by atoms with Gasteiger partial charge in [-0.05, 0) is 18.5 Å². The molecule has 0 amide bonds. The SMILES string of the molecule is CN(CC(=O)O)C[C@H](c1cccs1)N1CCOCC1. The first-order chi connectivity index (χ1) is 9.16. The molecule has 0 spiro atoms. The maximum absolute atomic E-state index is 10.8. The fourth-order valence-electron chi connectivity index (χ4n) is 2.35. The molecule has 6 heteroatoms. The third kappa shape index (κ3) is 4.28. The maximum atomic E-state index is 10.8. The number of aliphatic carboxylic acids is 1. The Bertz CT molecular complexity index is 391. The maximum Gasteiger partial charge on any atom is 0.317 e. The van der Waals surface area contributed by atoms with Gasteiger partial charge in [0.2, 0.25) is 0 Å². The van der Waals surface area contributed by atoms with Crippen molar-refractivity contribution in [2.45, 2.75) is 6.04 Å². The van der Waals surface area contributed by atoms with Crippen molar-refractivity contribution >= 4 is 17.3 Å². The summed E-state index contributed by atoms with van der Waals surface area (Å²) in [6.07, 6.45) is 0. The summed E-state index contributed by atoms with van der Waals surface area (Å²) in [7, 11) is 1.86. The van der Waals surface area contributed by atoms with E-state index in [2.05, 4.69) is 16.3 Å². The molecule has 0 aliphatic carbocycles. The Morgan fingerprint density at radius 3 is 2.89 bits per heavy atom. The number of morpholine rings is 1. The highest BCUT2D eigenvalue weighted by molar-refractivity contribution is 7.10. The van der Waals surface area contributed by atoms with Crippen LogP contribution in [0, 0.1) is 0 Å². The molecule has 2 heterocycles. The number of likely N-dealkylation sites (N-methyl/N-ethyl adjacent to an activating group) is 1. The topological polar surface area (TPSA) is 53.0 Å². The minimum atomic E-state index is -0.783. The first-order valence-corrected chi connectivity index (χ1v) is 7.30. The lowest BCUT2D eigenvalue weighted by atomic mass is 10.1. The van der Waals surface area contributed by atoms with E-state index in [-0.39, 0.29) is 12.6 Å². The van der Waals surface area contributed by atoms with Crippen LogP contribution in [0.1, 0.15) is 10.9 Å². The number of carboxylic acid groups (broad SMARTS) is 1. The number of carbonyl (C=O) groups is 1. The van der Waals surface area contributed by atoms with Crippen LogP contribution in [0.15, 0.2) is 17.5 Å². The summed E-state index contributed by atoms with van der Waals surface area (Å²) in [5.74, 6) is -0.783. The molecule has 1 aromatic heterocycles. The molecular formula is C13H20N2O3S. The lowest BCUT2D eigenvalue weighted by Gasteiger charge is -2.35. The number of rotatable bonds is 6. The van der Waals surface area contributed by atoms with Crippen LogP contribution in [0.5, 0.6) is 0 Å². The Balaban J connectivity index is 2.03. The molecule has 1 N–H and O–H groups in total. The van der Waals surface area contributed by atoms with Crippen LogP contribution < -0.4 is 0 Å². The fraction of sp³-hybridized carbons (Fsp3) is 0.615. The van der Waals surface area contributed by atoms with Gasteiger partial charge in [0, 0.05) is 24.5 Å². The molecule has 2 rings (SSSR count). The van der Waals surface area contributed by atoms with Crippen molar-refractivity contribution in [2.75, 3.05) is 46.4 Å². The molecule has 1 fully saturated rings. The van der Waals surface area contributed by atoms with Gasteiger partial charge in [-0.1, -0.05) is 6.07 Å². The van der Waals surface area contributed by atoms with Crippen LogP contribution in [0.4, 0.5) is 0 Å². The zero-order valence-corrected chi connectivity index (χ0v) is 11.9.